The molecule has 158 valence electrons. The highest BCUT2D eigenvalue weighted by molar-refractivity contribution is 5.50. The van der Waals surface area contributed by atoms with Gasteiger partial charge in [0.1, 0.15) is 0 Å². The second-order valence-electron chi connectivity index (χ2n) is 9.05. The van der Waals surface area contributed by atoms with E-state index in [4.69, 9.17) is 0 Å². The van der Waals surface area contributed by atoms with Crippen molar-refractivity contribution >= 4 is 6.08 Å². The quantitative estimate of drug-likeness (QED) is 0.293. The summed E-state index contributed by atoms with van der Waals surface area (Å²) in [5.41, 5.74) is 4.73. The molecule has 0 nitrogen and oxygen atoms in total. The molecule has 0 spiro atoms. The largest absolute Gasteiger partial charge is 0.0985 e. The lowest BCUT2D eigenvalue weighted by molar-refractivity contribution is 0.249. The number of benzene rings is 2. The van der Waals surface area contributed by atoms with Crippen LogP contribution in [-0.2, 0) is 6.42 Å². The number of hydrogen-bond acceptors (Lipinski definition) is 0. The fourth-order valence-electron chi connectivity index (χ4n) is 4.64. The van der Waals surface area contributed by atoms with E-state index in [9.17, 15) is 0 Å². The Morgan fingerprint density at radius 2 is 1.33 bits per heavy atom. The van der Waals surface area contributed by atoms with Gasteiger partial charge >= 0.3 is 0 Å². The molecule has 0 heterocycles. The molecule has 1 aliphatic rings. The molecule has 3 rings (SSSR count). The molecule has 0 radical (unpaired) electrons. The molecule has 0 aliphatic heterocycles. The van der Waals surface area contributed by atoms with Gasteiger partial charge in [-0.25, -0.2) is 0 Å². The molecule has 0 aromatic heterocycles. The van der Waals surface area contributed by atoms with Crippen molar-refractivity contribution in [1.29, 1.82) is 0 Å². The van der Waals surface area contributed by atoms with Crippen LogP contribution in [0, 0.1) is 23.7 Å². The van der Waals surface area contributed by atoms with Crippen LogP contribution >= 0.6 is 0 Å². The Balaban J connectivity index is 1.39. The highest BCUT2D eigenvalue weighted by Crippen LogP contribution is 2.34. The van der Waals surface area contributed by atoms with E-state index in [2.05, 4.69) is 73.9 Å². The van der Waals surface area contributed by atoms with E-state index in [-0.39, 0.29) is 0 Å². The summed E-state index contributed by atoms with van der Waals surface area (Å²) in [5, 5.41) is 0. The minimum absolute atomic E-state index is 0.940. The summed E-state index contributed by atoms with van der Waals surface area (Å²) in [4.78, 5) is 0. The third-order valence-corrected chi connectivity index (χ3v) is 6.73. The van der Waals surface area contributed by atoms with Crippen molar-refractivity contribution < 1.29 is 0 Å². The Bertz CT molecular complexity index is 805. The van der Waals surface area contributed by atoms with Crippen LogP contribution in [0.25, 0.3) is 6.08 Å². The van der Waals surface area contributed by atoms with Crippen molar-refractivity contribution in [3.63, 3.8) is 0 Å². The van der Waals surface area contributed by atoms with Crippen LogP contribution in [0.4, 0.5) is 0 Å². The maximum Gasteiger partial charge on any atom is 0.0249 e. The predicted octanol–water partition coefficient (Wildman–Crippen LogP) is 8.44. The lowest BCUT2D eigenvalue weighted by Gasteiger charge is -2.28. The molecule has 0 atom stereocenters. The van der Waals surface area contributed by atoms with Gasteiger partial charge < -0.3 is 0 Å². The average molecular weight is 399 g/mol. The number of rotatable bonds is 9. The van der Waals surface area contributed by atoms with E-state index in [0.717, 1.165) is 28.5 Å². The highest BCUT2D eigenvalue weighted by atomic mass is 14.3. The van der Waals surface area contributed by atoms with Gasteiger partial charge in [-0.1, -0.05) is 113 Å². The average Bonchev–Trinajstić information content (AvgIpc) is 2.81. The third-order valence-electron chi connectivity index (χ3n) is 6.73. The minimum Gasteiger partial charge on any atom is -0.0985 e. The van der Waals surface area contributed by atoms with Crippen LogP contribution in [0.3, 0.4) is 0 Å². The first kappa shape index (κ1) is 22.4. The molecule has 0 saturated heterocycles. The van der Waals surface area contributed by atoms with Crippen LogP contribution in [0.1, 0.15) is 93.4 Å². The minimum atomic E-state index is 0.940. The van der Waals surface area contributed by atoms with E-state index in [1.54, 1.807) is 0 Å². The molecule has 0 amide bonds. The van der Waals surface area contributed by atoms with E-state index in [1.165, 1.54) is 76.2 Å². The van der Waals surface area contributed by atoms with Gasteiger partial charge in [-0.2, -0.15) is 0 Å². The van der Waals surface area contributed by atoms with Crippen LogP contribution in [0.15, 0.2) is 55.1 Å². The van der Waals surface area contributed by atoms with Crippen LogP contribution in [0.5, 0.6) is 0 Å². The van der Waals surface area contributed by atoms with E-state index < -0.39 is 0 Å². The summed E-state index contributed by atoms with van der Waals surface area (Å²) in [6, 6.07) is 17.1. The molecule has 0 N–H and O–H groups in total. The van der Waals surface area contributed by atoms with Gasteiger partial charge in [0.25, 0.3) is 0 Å². The summed E-state index contributed by atoms with van der Waals surface area (Å²) in [7, 11) is 0. The Kier molecular flexibility index (Phi) is 9.30. The second kappa shape index (κ2) is 12.4. The van der Waals surface area contributed by atoms with Crippen LogP contribution < -0.4 is 0 Å². The van der Waals surface area contributed by atoms with Crippen molar-refractivity contribution in [3.05, 3.63) is 77.4 Å². The maximum atomic E-state index is 3.79. The monoisotopic (exact) mass is 398 g/mol. The first-order valence-corrected chi connectivity index (χ1v) is 12.1. The van der Waals surface area contributed by atoms with Crippen LogP contribution in [0.2, 0.25) is 0 Å². The van der Waals surface area contributed by atoms with Gasteiger partial charge in [-0.05, 0) is 60.1 Å². The smallest absolute Gasteiger partial charge is 0.0249 e. The van der Waals surface area contributed by atoms with Crippen molar-refractivity contribution in [2.24, 2.45) is 11.8 Å². The fraction of sp³-hybridized carbons (Fsp3) is 0.467. The fourth-order valence-corrected chi connectivity index (χ4v) is 4.64. The lowest BCUT2D eigenvalue weighted by atomic mass is 9.77. The summed E-state index contributed by atoms with van der Waals surface area (Å²) in [6.07, 6.45) is 17.4. The van der Waals surface area contributed by atoms with Gasteiger partial charge in [-0.3, -0.25) is 0 Å². The van der Waals surface area contributed by atoms with Gasteiger partial charge in [0.15, 0.2) is 0 Å². The zero-order chi connectivity index (χ0) is 21.0. The van der Waals surface area contributed by atoms with Crippen molar-refractivity contribution in [1.82, 2.24) is 0 Å². The zero-order valence-corrected chi connectivity index (χ0v) is 18.8. The zero-order valence-electron chi connectivity index (χ0n) is 18.8. The van der Waals surface area contributed by atoms with Gasteiger partial charge in [0, 0.05) is 11.1 Å². The highest BCUT2D eigenvalue weighted by Gasteiger charge is 2.20. The molecule has 1 fully saturated rings. The first-order valence-electron chi connectivity index (χ1n) is 12.1. The molecule has 2 aromatic carbocycles. The molecular weight excluding hydrogens is 360 g/mol. The molecule has 0 heteroatoms. The molecule has 0 bridgehead atoms. The van der Waals surface area contributed by atoms with Gasteiger partial charge in [-0.15, -0.1) is 0 Å². The van der Waals surface area contributed by atoms with Crippen LogP contribution in [-0.4, -0.2) is 0 Å². The topological polar surface area (TPSA) is 0 Å². The summed E-state index contributed by atoms with van der Waals surface area (Å²) in [5.74, 6) is 8.50. The number of hydrogen-bond donors (Lipinski definition) is 0. The van der Waals surface area contributed by atoms with Gasteiger partial charge in [0.05, 0.1) is 0 Å². The Hall–Kier alpha value is -2.26. The normalized spacial score (nSPS) is 18.4. The van der Waals surface area contributed by atoms with E-state index >= 15 is 0 Å². The number of unbranched alkanes of at least 4 members (excludes halogenated alkanes) is 3. The van der Waals surface area contributed by atoms with Gasteiger partial charge in [0.2, 0.25) is 0 Å². The standard InChI is InChI=1S/C30H38/c1-3-5-6-7-8-26-13-15-28(16-14-26)19-20-30-23-21-29(22-24-30)18-17-27-11-9-25(4-2)10-12-27/h4,9-12,21-24,26,28H,2-3,5-8,13-16,19-20H2,1H3. The Morgan fingerprint density at radius 3 is 1.90 bits per heavy atom. The second-order valence-corrected chi connectivity index (χ2v) is 9.05. The molecule has 30 heavy (non-hydrogen) atoms. The molecule has 0 unspecified atom stereocenters. The van der Waals surface area contributed by atoms with Crippen molar-refractivity contribution in [2.45, 2.75) is 77.6 Å². The Morgan fingerprint density at radius 1 is 0.767 bits per heavy atom. The molecule has 2 aromatic rings. The SMILES string of the molecule is C=Cc1ccc(C#Cc2ccc(CCC3CCC(CCCCCC)CC3)cc2)cc1. The summed E-state index contributed by atoms with van der Waals surface area (Å²) >= 11 is 0. The molecule has 1 saturated carbocycles. The molecule has 1 aliphatic carbocycles. The predicted molar refractivity (Wildman–Crippen MR) is 131 cm³/mol. The van der Waals surface area contributed by atoms with E-state index in [0.29, 0.717) is 0 Å². The number of aryl methyl sites for hydroxylation is 1. The Labute approximate surface area is 184 Å². The summed E-state index contributed by atoms with van der Waals surface area (Å²) < 4.78 is 0. The summed E-state index contributed by atoms with van der Waals surface area (Å²) in [6.45, 7) is 6.09. The van der Waals surface area contributed by atoms with Crippen molar-refractivity contribution in [3.8, 4) is 11.8 Å². The lowest BCUT2D eigenvalue weighted by Crippen LogP contribution is -2.15. The maximum absolute atomic E-state index is 3.79. The van der Waals surface area contributed by atoms with Crippen molar-refractivity contribution in [2.75, 3.05) is 0 Å². The molecular formula is C30H38. The van der Waals surface area contributed by atoms with E-state index in [1.807, 2.05) is 6.08 Å². The third kappa shape index (κ3) is 7.53. The first-order chi connectivity index (χ1) is 14.8.